The summed E-state index contributed by atoms with van der Waals surface area (Å²) in [6.07, 6.45) is -7.02. The SMILES string of the molecule is Cc1cc(C)cc(C2=C3N=CC=C3CN2OC2C(Oc3ccc4c(=O)c(-c5ccc(O)cc5)coc4c3)OC(C(O)(CO)OC(=O)C(NCCC=O)C(=O)O)C(O)C2(O)C(O)CCCO)c1. The van der Waals surface area contributed by atoms with Crippen molar-refractivity contribution in [3.8, 4) is 22.6 Å². The van der Waals surface area contributed by atoms with Gasteiger partial charge in [0, 0.05) is 43.0 Å². The number of aldehydes is 1. The topological polar surface area (TPSA) is 308 Å². The van der Waals surface area contributed by atoms with Crippen LogP contribution in [0.15, 0.2) is 98.5 Å². The molecule has 1 saturated heterocycles. The molecule has 1 aromatic heterocycles. The van der Waals surface area contributed by atoms with E-state index < -0.39 is 85.1 Å². The van der Waals surface area contributed by atoms with E-state index in [4.69, 9.17) is 23.5 Å². The van der Waals surface area contributed by atoms with Crippen LogP contribution < -0.4 is 15.5 Å². The number of phenols is 1. The van der Waals surface area contributed by atoms with E-state index in [2.05, 4.69) is 10.3 Å². The number of hydrogen-bond donors (Lipinski definition) is 9. The second-order valence-corrected chi connectivity index (χ2v) is 16.2. The number of esters is 1. The number of carbonyl (C=O) groups excluding carboxylic acids is 2. The number of allylic oxidation sites excluding steroid dienone is 1. The first-order valence-corrected chi connectivity index (χ1v) is 20.9. The molecule has 3 aliphatic rings. The van der Waals surface area contributed by atoms with Gasteiger partial charge < -0.3 is 64.3 Å². The Morgan fingerprint density at radius 2 is 1.80 bits per heavy atom. The summed E-state index contributed by atoms with van der Waals surface area (Å²) in [7, 11) is 0. The maximum atomic E-state index is 13.7. The molecule has 7 rings (SSSR count). The van der Waals surface area contributed by atoms with E-state index in [1.807, 2.05) is 32.0 Å². The highest BCUT2D eigenvalue weighted by molar-refractivity contribution is 5.98. The van der Waals surface area contributed by atoms with E-state index >= 15 is 0 Å². The molecule has 0 aliphatic carbocycles. The van der Waals surface area contributed by atoms with Crippen molar-refractivity contribution in [3.63, 3.8) is 0 Å². The molecule has 0 saturated carbocycles. The van der Waals surface area contributed by atoms with Crippen molar-refractivity contribution in [2.45, 2.75) is 81.2 Å². The van der Waals surface area contributed by atoms with Gasteiger partial charge in [-0.05, 0) is 74.7 Å². The van der Waals surface area contributed by atoms with Crippen LogP contribution >= 0.6 is 0 Å². The van der Waals surface area contributed by atoms with E-state index in [-0.39, 0.29) is 54.0 Å². The minimum atomic E-state index is -3.40. The fourth-order valence-electron chi connectivity index (χ4n) is 8.20. The average molecular weight is 916 g/mol. The van der Waals surface area contributed by atoms with Gasteiger partial charge in [-0.25, -0.2) is 14.7 Å². The van der Waals surface area contributed by atoms with Crippen molar-refractivity contribution in [2.24, 2.45) is 4.99 Å². The van der Waals surface area contributed by atoms with E-state index in [0.29, 0.717) is 34.4 Å². The third-order valence-corrected chi connectivity index (χ3v) is 11.4. The Balaban J connectivity index is 1.34. The molecule has 20 nitrogen and oxygen atoms in total. The number of fused-ring (bicyclic) bond motifs is 2. The van der Waals surface area contributed by atoms with Crippen LogP contribution in [0.5, 0.6) is 11.5 Å². The predicted molar refractivity (Wildman–Crippen MR) is 231 cm³/mol. The van der Waals surface area contributed by atoms with Crippen molar-refractivity contribution < 1.29 is 78.7 Å². The summed E-state index contributed by atoms with van der Waals surface area (Å²) in [5, 5.41) is 92.6. The Morgan fingerprint density at radius 3 is 2.47 bits per heavy atom. The minimum absolute atomic E-state index is 0.000414. The lowest BCUT2D eigenvalue weighted by molar-refractivity contribution is -0.404. The lowest BCUT2D eigenvalue weighted by Gasteiger charge is -2.54. The number of benzene rings is 3. The number of carboxylic acids is 1. The molecule has 350 valence electrons. The Kier molecular flexibility index (Phi) is 14.2. The van der Waals surface area contributed by atoms with Crippen LogP contribution in [0, 0.1) is 13.8 Å². The Bertz CT molecular complexity index is 2610. The fourth-order valence-corrected chi connectivity index (χ4v) is 8.20. The van der Waals surface area contributed by atoms with Gasteiger partial charge in [0.05, 0.1) is 35.0 Å². The van der Waals surface area contributed by atoms with Gasteiger partial charge in [-0.2, -0.15) is 0 Å². The minimum Gasteiger partial charge on any atom is -0.508 e. The largest absolute Gasteiger partial charge is 0.508 e. The highest BCUT2D eigenvalue weighted by Crippen LogP contribution is 2.45. The zero-order valence-corrected chi connectivity index (χ0v) is 35.6. The standard InChI is InChI=1S/C46H49N3O17/c1-24-17-25(2)19-28(18-24)37-35-27(12-14-48-35)21-49(37)66-41-44(63-30-10-11-31-33(20-30)62-22-32(38(31)55)26-6-8-29(53)9-7-26)64-40(39(56)46(41,61)34(54)5-3-15-50)45(60,23-52)65-43(59)36(42(57)58)47-13-4-16-51/h6-12,14,16-20,22,34,36,39-41,44,47,50,52-54,56,60-61H,3-5,13,15,21,23H2,1-2H3,(H,57,58). The molecule has 4 heterocycles. The van der Waals surface area contributed by atoms with Crippen LogP contribution in [0.2, 0.25) is 0 Å². The number of ether oxygens (including phenoxy) is 3. The number of aliphatic carboxylic acids is 1. The maximum Gasteiger partial charge on any atom is 0.337 e. The van der Waals surface area contributed by atoms with Crippen molar-refractivity contribution in [1.82, 2.24) is 10.4 Å². The monoisotopic (exact) mass is 915 g/mol. The van der Waals surface area contributed by atoms with Crippen LogP contribution in [0.4, 0.5) is 0 Å². The van der Waals surface area contributed by atoms with Crippen LogP contribution in [-0.4, -0.2) is 145 Å². The summed E-state index contributed by atoms with van der Waals surface area (Å²) in [5.74, 6) is -7.06. The lowest BCUT2D eigenvalue weighted by atomic mass is 9.76. The molecule has 20 heteroatoms. The summed E-state index contributed by atoms with van der Waals surface area (Å²) in [6.45, 7) is 1.38. The van der Waals surface area contributed by atoms with Crippen molar-refractivity contribution in [3.05, 3.63) is 111 Å². The van der Waals surface area contributed by atoms with E-state index in [1.165, 1.54) is 53.8 Å². The third kappa shape index (κ3) is 9.36. The number of rotatable bonds is 19. The first-order valence-electron chi connectivity index (χ1n) is 20.9. The number of nitrogens with one attached hydrogen (secondary N) is 1. The van der Waals surface area contributed by atoms with E-state index in [0.717, 1.165) is 11.1 Å². The zero-order chi connectivity index (χ0) is 47.5. The fraction of sp³-hybridized carbons (Fsp3) is 0.370. The summed E-state index contributed by atoms with van der Waals surface area (Å²) in [5.41, 5.74) is 1.12. The second-order valence-electron chi connectivity index (χ2n) is 16.2. The summed E-state index contributed by atoms with van der Waals surface area (Å²) >= 11 is 0. The van der Waals surface area contributed by atoms with Gasteiger partial charge in [0.15, 0.2) is 23.2 Å². The highest BCUT2D eigenvalue weighted by Gasteiger charge is 2.67. The Morgan fingerprint density at radius 1 is 1.08 bits per heavy atom. The van der Waals surface area contributed by atoms with Gasteiger partial charge in [0.2, 0.25) is 12.3 Å². The van der Waals surface area contributed by atoms with Crippen molar-refractivity contribution >= 4 is 41.1 Å². The number of aliphatic hydroxyl groups excluding tert-OH is 4. The van der Waals surface area contributed by atoms with E-state index in [9.17, 15) is 60.0 Å². The molecule has 0 bridgehead atoms. The number of hydrogen-bond acceptors (Lipinski definition) is 19. The van der Waals surface area contributed by atoms with Gasteiger partial charge in [-0.3, -0.25) is 19.9 Å². The zero-order valence-electron chi connectivity index (χ0n) is 35.6. The first kappa shape index (κ1) is 47.6. The van der Waals surface area contributed by atoms with Crippen LogP contribution in [0.3, 0.4) is 0 Å². The molecule has 4 aromatic rings. The molecule has 9 N–H and O–H groups in total. The molecule has 0 amide bonds. The van der Waals surface area contributed by atoms with Crippen LogP contribution in [0.25, 0.3) is 27.8 Å². The number of hydroxylamine groups is 2. The first-order chi connectivity index (χ1) is 31.5. The molecule has 3 aromatic carbocycles. The maximum absolute atomic E-state index is 13.7. The lowest BCUT2D eigenvalue weighted by Crippen LogP contribution is -2.77. The summed E-state index contributed by atoms with van der Waals surface area (Å²) < 4.78 is 23.5. The normalized spacial score (nSPS) is 23.3. The van der Waals surface area contributed by atoms with Gasteiger partial charge in [0.25, 0.3) is 5.79 Å². The number of nitrogens with zero attached hydrogens (tertiary/aromatic N) is 2. The van der Waals surface area contributed by atoms with Crippen molar-refractivity contribution in [2.75, 3.05) is 26.3 Å². The number of aliphatic imine (C=N–C) groups is 1. The molecule has 8 unspecified atom stereocenters. The number of carboxylic acid groups (broad SMARTS) is 1. The summed E-state index contributed by atoms with van der Waals surface area (Å²) in [6, 6.07) is 13.3. The quantitative estimate of drug-likeness (QED) is 0.0208. The predicted octanol–water partition coefficient (Wildman–Crippen LogP) is 0.963. The highest BCUT2D eigenvalue weighted by atomic mass is 16.8. The van der Waals surface area contributed by atoms with Gasteiger partial charge in [-0.15, -0.1) is 0 Å². The molecule has 3 aliphatic heterocycles. The number of aliphatic hydroxyl groups is 6. The molecular formula is C46H49N3O17. The number of phenolic OH excluding ortho intramolecular Hbond substituents is 1. The third-order valence-electron chi connectivity index (χ3n) is 11.4. The molecular weight excluding hydrogens is 867 g/mol. The smallest absolute Gasteiger partial charge is 0.337 e. The van der Waals surface area contributed by atoms with E-state index in [1.54, 1.807) is 12.3 Å². The average Bonchev–Trinajstić information content (AvgIpc) is 3.88. The molecule has 0 radical (unpaired) electrons. The Labute approximate surface area is 375 Å². The molecule has 1 fully saturated rings. The van der Waals surface area contributed by atoms with Gasteiger partial charge in [0.1, 0.15) is 42.3 Å². The second kappa shape index (κ2) is 19.6. The van der Waals surface area contributed by atoms with Gasteiger partial charge >= 0.3 is 11.9 Å². The number of aromatic hydroxyl groups is 1. The number of carbonyl (C=O) groups is 3. The Hall–Kier alpha value is -6.33. The van der Waals surface area contributed by atoms with Gasteiger partial charge in [-0.1, -0.05) is 29.3 Å². The summed E-state index contributed by atoms with van der Waals surface area (Å²) in [4.78, 5) is 61.2. The van der Waals surface area contributed by atoms with Crippen molar-refractivity contribution in [1.29, 1.82) is 0 Å². The number of aryl methyl sites for hydroxylation is 2. The molecule has 0 spiro atoms. The molecule has 66 heavy (non-hydrogen) atoms. The molecule has 8 atom stereocenters. The van der Waals surface area contributed by atoms with Crippen LogP contribution in [-0.2, 0) is 28.7 Å². The van der Waals surface area contributed by atoms with Crippen LogP contribution in [0.1, 0.15) is 36.0 Å².